The maximum absolute atomic E-state index is 6.66. The number of quaternary nitrogens is 1. The molecule has 0 N–H and O–H groups in total. The van der Waals surface area contributed by atoms with Crippen molar-refractivity contribution < 1.29 is 9.22 Å². The van der Waals surface area contributed by atoms with Gasteiger partial charge in [0.2, 0.25) is 0 Å². The van der Waals surface area contributed by atoms with Crippen LogP contribution in [0.25, 0.3) is 0 Å². The highest BCUT2D eigenvalue weighted by Gasteiger charge is 2.59. The molecule has 0 aromatic carbocycles. The number of piperazine rings is 3. The van der Waals surface area contributed by atoms with Crippen LogP contribution in [0.15, 0.2) is 11.6 Å². The zero-order chi connectivity index (χ0) is 26.5. The molecule has 7 rings (SSSR count). The number of hydrogen-bond donors (Lipinski definition) is 0. The maximum Gasteiger partial charge on any atom is 0.103 e. The van der Waals surface area contributed by atoms with Crippen LogP contribution in [0.1, 0.15) is 105 Å². The molecule has 3 heterocycles. The van der Waals surface area contributed by atoms with E-state index in [-0.39, 0.29) is 0 Å². The second-order valence-corrected chi connectivity index (χ2v) is 16.1. The molecule has 0 aromatic rings. The van der Waals surface area contributed by atoms with Crippen molar-refractivity contribution in [1.29, 1.82) is 0 Å². The average Bonchev–Trinajstić information content (AvgIpc) is 3.27. The van der Waals surface area contributed by atoms with Gasteiger partial charge in [-0.05, 0) is 97.7 Å². The monoisotopic (exact) mass is 525 g/mol. The Balaban J connectivity index is 1.06. The van der Waals surface area contributed by atoms with Gasteiger partial charge in [0, 0.05) is 19.6 Å². The molecule has 3 heteroatoms. The fraction of sp³-hybridized carbons (Fsp3) is 0.943. The molecule has 0 amide bonds. The van der Waals surface area contributed by atoms with E-state index in [1.54, 1.807) is 5.57 Å². The van der Waals surface area contributed by atoms with Gasteiger partial charge >= 0.3 is 0 Å². The Bertz CT molecular complexity index is 844. The lowest BCUT2D eigenvalue weighted by atomic mass is 9.47. The Morgan fingerprint density at radius 1 is 0.947 bits per heavy atom. The predicted octanol–water partition coefficient (Wildman–Crippen LogP) is 7.56. The summed E-state index contributed by atoms with van der Waals surface area (Å²) in [6.07, 6.45) is 18.8. The van der Waals surface area contributed by atoms with E-state index in [1.165, 1.54) is 121 Å². The number of hydrogen-bond acceptors (Lipinski definition) is 2. The molecule has 0 radical (unpaired) electrons. The summed E-state index contributed by atoms with van der Waals surface area (Å²) in [5.74, 6) is 5.59. The van der Waals surface area contributed by atoms with Gasteiger partial charge in [0.05, 0.1) is 32.3 Å². The van der Waals surface area contributed by atoms with Gasteiger partial charge in [-0.1, -0.05) is 65.5 Å². The Hall–Kier alpha value is -0.380. The van der Waals surface area contributed by atoms with Crippen molar-refractivity contribution in [2.45, 2.75) is 111 Å². The van der Waals surface area contributed by atoms with E-state index in [1.807, 2.05) is 0 Å². The minimum Gasteiger partial charge on any atom is -0.372 e. The first-order chi connectivity index (χ1) is 18.2. The third kappa shape index (κ3) is 4.98. The van der Waals surface area contributed by atoms with Gasteiger partial charge in [0.1, 0.15) is 6.54 Å². The fourth-order valence-corrected chi connectivity index (χ4v) is 11.3. The molecule has 3 aliphatic heterocycles. The first kappa shape index (κ1) is 27.8. The van der Waals surface area contributed by atoms with Crippen molar-refractivity contribution >= 4 is 0 Å². The predicted molar refractivity (Wildman–Crippen MR) is 159 cm³/mol. The lowest BCUT2D eigenvalue weighted by Crippen LogP contribution is -2.68. The fourth-order valence-electron chi connectivity index (χ4n) is 11.3. The summed E-state index contributed by atoms with van der Waals surface area (Å²) in [5.41, 5.74) is 2.86. The van der Waals surface area contributed by atoms with Crippen molar-refractivity contribution in [3.63, 3.8) is 0 Å². The number of rotatable bonds is 9. The highest BCUT2D eigenvalue weighted by Crippen LogP contribution is 2.67. The first-order valence-electron chi connectivity index (χ1n) is 17.1. The first-order valence-corrected chi connectivity index (χ1v) is 17.1. The lowest BCUT2D eigenvalue weighted by Gasteiger charge is -2.58. The van der Waals surface area contributed by atoms with E-state index >= 15 is 0 Å². The van der Waals surface area contributed by atoms with Crippen molar-refractivity contribution in [3.8, 4) is 0 Å². The van der Waals surface area contributed by atoms with Gasteiger partial charge in [-0.2, -0.15) is 0 Å². The van der Waals surface area contributed by atoms with E-state index in [0.29, 0.717) is 16.9 Å². The zero-order valence-electron chi connectivity index (χ0n) is 25.9. The van der Waals surface area contributed by atoms with E-state index in [0.717, 1.165) is 42.1 Å². The zero-order valence-corrected chi connectivity index (χ0v) is 25.9. The number of ether oxygens (including phenoxy) is 1. The summed E-state index contributed by atoms with van der Waals surface area (Å²) in [6.45, 7) is 23.1. The molecule has 216 valence electrons. The molecule has 0 spiro atoms. The van der Waals surface area contributed by atoms with Gasteiger partial charge in [-0.3, -0.25) is 4.90 Å². The van der Waals surface area contributed by atoms with E-state index in [4.69, 9.17) is 4.74 Å². The maximum atomic E-state index is 6.66. The molecule has 4 aliphatic carbocycles. The summed E-state index contributed by atoms with van der Waals surface area (Å²) in [5, 5.41) is 0. The Labute approximate surface area is 235 Å². The van der Waals surface area contributed by atoms with Crippen LogP contribution in [0.2, 0.25) is 0 Å². The third-order valence-electron chi connectivity index (χ3n) is 13.9. The molecule has 0 aromatic heterocycles. The number of fused-ring (bicyclic) bond motifs is 8. The van der Waals surface area contributed by atoms with Crippen LogP contribution in [0.5, 0.6) is 0 Å². The molecule has 3 nitrogen and oxygen atoms in total. The molecule has 6 fully saturated rings. The molecule has 38 heavy (non-hydrogen) atoms. The van der Waals surface area contributed by atoms with E-state index < -0.39 is 0 Å². The minimum absolute atomic E-state index is 0.454. The molecule has 3 saturated heterocycles. The van der Waals surface area contributed by atoms with Gasteiger partial charge in [-0.15, -0.1) is 0 Å². The molecule has 7 aliphatic rings. The van der Waals surface area contributed by atoms with E-state index in [2.05, 4.69) is 45.6 Å². The van der Waals surface area contributed by atoms with Crippen LogP contribution in [-0.4, -0.2) is 67.9 Å². The normalized spacial score (nSPS) is 46.8. The van der Waals surface area contributed by atoms with Crippen LogP contribution >= 0.6 is 0 Å². The largest absolute Gasteiger partial charge is 0.372 e. The van der Waals surface area contributed by atoms with Gasteiger partial charge < -0.3 is 9.22 Å². The second-order valence-electron chi connectivity index (χ2n) is 16.1. The van der Waals surface area contributed by atoms with Gasteiger partial charge in [0.25, 0.3) is 0 Å². The van der Waals surface area contributed by atoms with Crippen LogP contribution < -0.4 is 0 Å². The molecular weight excluding hydrogens is 464 g/mol. The second kappa shape index (κ2) is 10.8. The quantitative estimate of drug-likeness (QED) is 0.227. The van der Waals surface area contributed by atoms with E-state index in [9.17, 15) is 0 Å². The molecule has 8 atom stereocenters. The van der Waals surface area contributed by atoms with Crippen LogP contribution in [0.3, 0.4) is 0 Å². The summed E-state index contributed by atoms with van der Waals surface area (Å²) in [7, 11) is 0. The van der Waals surface area contributed by atoms with Crippen LogP contribution in [0, 0.1) is 46.3 Å². The summed E-state index contributed by atoms with van der Waals surface area (Å²) >= 11 is 0. The molecule has 3 saturated carbocycles. The van der Waals surface area contributed by atoms with Crippen LogP contribution in [-0.2, 0) is 4.74 Å². The van der Waals surface area contributed by atoms with Gasteiger partial charge in [-0.25, -0.2) is 0 Å². The SMILES string of the molecule is CC(C)CCC[C@@H](C)[C@H]1CC[C@H]2[C@@H]3CC=C4C[C@@H](OCC[N+]56CCN(CC5)CC6)CC[C@]4(C)[C@H]3CC[C@]12C. The van der Waals surface area contributed by atoms with Crippen molar-refractivity contribution in [2.24, 2.45) is 46.3 Å². The van der Waals surface area contributed by atoms with Crippen molar-refractivity contribution in [3.05, 3.63) is 11.6 Å². The highest BCUT2D eigenvalue weighted by atomic mass is 16.5. The van der Waals surface area contributed by atoms with Gasteiger partial charge in [0.15, 0.2) is 0 Å². The summed E-state index contributed by atoms with van der Waals surface area (Å²) in [6, 6.07) is 0. The number of allylic oxidation sites excluding steroid dienone is 1. The summed E-state index contributed by atoms with van der Waals surface area (Å²) < 4.78 is 8.00. The average molecular weight is 526 g/mol. The minimum atomic E-state index is 0.454. The number of nitrogens with zero attached hydrogens (tertiary/aromatic N) is 2. The lowest BCUT2D eigenvalue weighted by molar-refractivity contribution is -0.941. The Kier molecular flexibility index (Phi) is 7.89. The topological polar surface area (TPSA) is 12.5 Å². The Morgan fingerprint density at radius 3 is 2.45 bits per heavy atom. The van der Waals surface area contributed by atoms with Crippen molar-refractivity contribution in [1.82, 2.24) is 4.90 Å². The molecule has 2 bridgehead atoms. The molecular formula is C35H61N2O+. The Morgan fingerprint density at radius 2 is 1.71 bits per heavy atom. The van der Waals surface area contributed by atoms with Crippen LogP contribution in [0.4, 0.5) is 0 Å². The smallest absolute Gasteiger partial charge is 0.103 e. The standard InChI is InChI=1S/C35H61N2O/c1-26(2)7-6-8-27(3)31-11-12-32-30-10-9-28-25-29(13-15-34(28,4)33(30)14-16-35(31,32)5)38-24-23-37-20-17-36(18-21-37)19-22-37/h9,26-27,29-33H,6-8,10-25H2,1-5H3/q+1/t27-,29+,30+,31-,32+,33+,34+,35-/m1/s1. The summed E-state index contributed by atoms with van der Waals surface area (Å²) in [4.78, 5) is 2.65. The molecule has 0 unspecified atom stereocenters. The third-order valence-corrected chi connectivity index (χ3v) is 13.9. The van der Waals surface area contributed by atoms with Crippen molar-refractivity contribution in [2.75, 3.05) is 52.4 Å². The highest BCUT2D eigenvalue weighted by molar-refractivity contribution is 5.25.